The van der Waals surface area contributed by atoms with Gasteiger partial charge in [0.05, 0.1) is 12.3 Å². The Morgan fingerprint density at radius 1 is 1.00 bits per heavy atom. The first kappa shape index (κ1) is 16.1. The van der Waals surface area contributed by atoms with Crippen LogP contribution in [0.15, 0.2) is 6.07 Å². The first-order valence-corrected chi connectivity index (χ1v) is 8.88. The lowest BCUT2D eigenvalue weighted by Gasteiger charge is -2.20. The van der Waals surface area contributed by atoms with Crippen LogP contribution in [-0.2, 0) is 11.3 Å². The molecule has 0 atom stereocenters. The standard InChI is InChI=1S/C16H24N8O/c1-25-11-12-10-13(22-21-12)17-14-18-15(23-6-2-3-7-23)20-16(19-14)24-8-4-5-9-24/h10H,2-9,11H2,1H3,(H2,17,18,19,20,21,22). The second-order valence-electron chi connectivity index (χ2n) is 6.48. The number of anilines is 4. The van der Waals surface area contributed by atoms with Crippen LogP contribution in [0.4, 0.5) is 23.7 Å². The number of nitrogens with zero attached hydrogens (tertiary/aromatic N) is 6. The SMILES string of the molecule is COCc1cc(Nc2nc(N3CCCC3)nc(N3CCCC3)n2)n[nH]1. The molecule has 2 aliphatic heterocycles. The number of aromatic nitrogens is 5. The maximum Gasteiger partial charge on any atom is 0.235 e. The molecule has 0 radical (unpaired) electrons. The van der Waals surface area contributed by atoms with Gasteiger partial charge in [-0.05, 0) is 25.7 Å². The summed E-state index contributed by atoms with van der Waals surface area (Å²) in [6.45, 7) is 4.50. The fourth-order valence-electron chi connectivity index (χ4n) is 3.30. The smallest absolute Gasteiger partial charge is 0.235 e. The molecule has 0 unspecified atom stereocenters. The molecule has 2 aromatic heterocycles. The van der Waals surface area contributed by atoms with Gasteiger partial charge in [0, 0.05) is 39.4 Å². The van der Waals surface area contributed by atoms with E-state index in [0.29, 0.717) is 18.4 Å². The van der Waals surface area contributed by atoms with Gasteiger partial charge < -0.3 is 19.9 Å². The van der Waals surface area contributed by atoms with Crippen LogP contribution in [0.5, 0.6) is 0 Å². The van der Waals surface area contributed by atoms with Gasteiger partial charge in [0.15, 0.2) is 5.82 Å². The Labute approximate surface area is 146 Å². The summed E-state index contributed by atoms with van der Waals surface area (Å²) >= 11 is 0. The lowest BCUT2D eigenvalue weighted by atomic mass is 10.4. The van der Waals surface area contributed by atoms with E-state index in [9.17, 15) is 0 Å². The van der Waals surface area contributed by atoms with Gasteiger partial charge in [-0.25, -0.2) is 0 Å². The van der Waals surface area contributed by atoms with Crippen molar-refractivity contribution in [3.63, 3.8) is 0 Å². The van der Waals surface area contributed by atoms with Gasteiger partial charge in [-0.2, -0.15) is 20.1 Å². The van der Waals surface area contributed by atoms with Crippen molar-refractivity contribution in [3.8, 4) is 0 Å². The topological polar surface area (TPSA) is 95.1 Å². The molecule has 0 saturated carbocycles. The quantitative estimate of drug-likeness (QED) is 0.817. The Kier molecular flexibility index (Phi) is 4.64. The van der Waals surface area contributed by atoms with Crippen molar-refractivity contribution in [1.82, 2.24) is 25.1 Å². The highest BCUT2D eigenvalue weighted by molar-refractivity contribution is 5.53. The van der Waals surface area contributed by atoms with Crippen molar-refractivity contribution in [2.45, 2.75) is 32.3 Å². The molecular weight excluding hydrogens is 320 g/mol. The van der Waals surface area contributed by atoms with Crippen LogP contribution in [0.2, 0.25) is 0 Å². The lowest BCUT2D eigenvalue weighted by Crippen LogP contribution is -2.25. The summed E-state index contributed by atoms with van der Waals surface area (Å²) < 4.78 is 5.11. The van der Waals surface area contributed by atoms with Gasteiger partial charge in [0.25, 0.3) is 0 Å². The first-order chi connectivity index (χ1) is 12.3. The number of ether oxygens (including phenoxy) is 1. The van der Waals surface area contributed by atoms with Crippen LogP contribution in [0.3, 0.4) is 0 Å². The van der Waals surface area contributed by atoms with E-state index < -0.39 is 0 Å². The van der Waals surface area contributed by atoms with Crippen LogP contribution in [0.25, 0.3) is 0 Å². The van der Waals surface area contributed by atoms with Gasteiger partial charge in [0.1, 0.15) is 0 Å². The zero-order valence-electron chi connectivity index (χ0n) is 14.5. The fourth-order valence-corrected chi connectivity index (χ4v) is 3.30. The van der Waals surface area contributed by atoms with E-state index in [1.165, 1.54) is 25.7 Å². The normalized spacial score (nSPS) is 17.5. The molecule has 0 bridgehead atoms. The first-order valence-electron chi connectivity index (χ1n) is 8.88. The molecule has 0 amide bonds. The molecule has 2 aromatic rings. The minimum Gasteiger partial charge on any atom is -0.378 e. The van der Waals surface area contributed by atoms with Crippen LogP contribution in [0.1, 0.15) is 31.4 Å². The monoisotopic (exact) mass is 344 g/mol. The summed E-state index contributed by atoms with van der Waals surface area (Å²) in [5.74, 6) is 2.72. The number of nitrogens with one attached hydrogen (secondary N) is 2. The molecule has 4 heterocycles. The summed E-state index contributed by atoms with van der Waals surface area (Å²) in [6.07, 6.45) is 4.75. The van der Waals surface area contributed by atoms with Gasteiger partial charge in [-0.15, -0.1) is 0 Å². The number of H-pyrrole nitrogens is 1. The Bertz CT molecular complexity index is 672. The number of rotatable bonds is 6. The molecular formula is C16H24N8O. The van der Waals surface area contributed by atoms with Crippen molar-refractivity contribution in [1.29, 1.82) is 0 Å². The highest BCUT2D eigenvalue weighted by Gasteiger charge is 2.21. The van der Waals surface area contributed by atoms with Crippen LogP contribution < -0.4 is 15.1 Å². The molecule has 4 rings (SSSR count). The average Bonchev–Trinajstić information content (AvgIpc) is 3.38. The molecule has 134 valence electrons. The molecule has 2 saturated heterocycles. The van der Waals surface area contributed by atoms with E-state index in [-0.39, 0.29) is 0 Å². The zero-order chi connectivity index (χ0) is 17.1. The van der Waals surface area contributed by atoms with E-state index >= 15 is 0 Å². The van der Waals surface area contributed by atoms with Crippen LogP contribution in [0, 0.1) is 0 Å². The summed E-state index contributed by atoms with van der Waals surface area (Å²) in [7, 11) is 1.66. The van der Waals surface area contributed by atoms with E-state index in [0.717, 1.165) is 43.8 Å². The maximum atomic E-state index is 5.11. The number of aromatic amines is 1. The Morgan fingerprint density at radius 2 is 1.60 bits per heavy atom. The third-order valence-corrected chi connectivity index (χ3v) is 4.56. The third kappa shape index (κ3) is 3.65. The van der Waals surface area contributed by atoms with Gasteiger partial charge in [-0.1, -0.05) is 0 Å². The van der Waals surface area contributed by atoms with Crippen molar-refractivity contribution < 1.29 is 4.74 Å². The largest absolute Gasteiger partial charge is 0.378 e. The van der Waals surface area contributed by atoms with Gasteiger partial charge in [-0.3, -0.25) is 5.10 Å². The Balaban J connectivity index is 1.60. The molecule has 9 nitrogen and oxygen atoms in total. The van der Waals surface area contributed by atoms with Crippen LogP contribution >= 0.6 is 0 Å². The lowest BCUT2D eigenvalue weighted by molar-refractivity contribution is 0.181. The zero-order valence-corrected chi connectivity index (χ0v) is 14.5. The molecule has 0 aromatic carbocycles. The molecule has 0 aliphatic carbocycles. The summed E-state index contributed by atoms with van der Waals surface area (Å²) in [5.41, 5.74) is 0.901. The average molecular weight is 344 g/mol. The molecule has 2 fully saturated rings. The third-order valence-electron chi connectivity index (χ3n) is 4.56. The van der Waals surface area contributed by atoms with E-state index in [1.54, 1.807) is 7.11 Å². The minimum absolute atomic E-state index is 0.490. The van der Waals surface area contributed by atoms with Crippen molar-refractivity contribution >= 4 is 23.7 Å². The molecule has 25 heavy (non-hydrogen) atoms. The van der Waals surface area contributed by atoms with Crippen molar-refractivity contribution in [2.24, 2.45) is 0 Å². The second-order valence-corrected chi connectivity index (χ2v) is 6.48. The Hall–Kier alpha value is -2.42. The highest BCUT2D eigenvalue weighted by Crippen LogP contribution is 2.24. The Morgan fingerprint density at radius 3 is 2.16 bits per heavy atom. The summed E-state index contributed by atoms with van der Waals surface area (Å²) in [4.78, 5) is 18.4. The fraction of sp³-hybridized carbons (Fsp3) is 0.625. The molecule has 0 spiro atoms. The summed E-state index contributed by atoms with van der Waals surface area (Å²) in [6, 6.07) is 1.90. The molecule has 9 heteroatoms. The predicted molar refractivity (Wildman–Crippen MR) is 95.3 cm³/mol. The van der Waals surface area contributed by atoms with E-state index in [1.807, 2.05) is 6.07 Å². The van der Waals surface area contributed by atoms with Crippen LogP contribution in [-0.4, -0.2) is 58.4 Å². The number of methoxy groups -OCH3 is 1. The predicted octanol–water partition coefficient (Wildman–Crippen LogP) is 1.69. The molecule has 2 aliphatic rings. The van der Waals surface area contributed by atoms with Gasteiger partial charge >= 0.3 is 0 Å². The minimum atomic E-state index is 0.490. The van der Waals surface area contributed by atoms with Gasteiger partial charge in [0.2, 0.25) is 17.8 Å². The van der Waals surface area contributed by atoms with Crippen molar-refractivity contribution in [2.75, 3.05) is 48.4 Å². The number of hydrogen-bond donors (Lipinski definition) is 2. The van der Waals surface area contributed by atoms with E-state index in [2.05, 4.69) is 35.3 Å². The molecule has 2 N–H and O–H groups in total. The van der Waals surface area contributed by atoms with E-state index in [4.69, 9.17) is 9.72 Å². The maximum absolute atomic E-state index is 5.11. The van der Waals surface area contributed by atoms with Crippen molar-refractivity contribution in [3.05, 3.63) is 11.8 Å². The highest BCUT2D eigenvalue weighted by atomic mass is 16.5. The summed E-state index contributed by atoms with van der Waals surface area (Å²) in [5, 5.41) is 10.4. The number of hydrogen-bond acceptors (Lipinski definition) is 8. The second kappa shape index (κ2) is 7.22.